The van der Waals surface area contributed by atoms with Gasteiger partial charge in [-0.15, -0.1) is 0 Å². The van der Waals surface area contributed by atoms with Crippen molar-refractivity contribution < 1.29 is 27.9 Å². The van der Waals surface area contributed by atoms with Gasteiger partial charge in [0.1, 0.15) is 6.10 Å². The lowest BCUT2D eigenvalue weighted by Crippen LogP contribution is -2.50. The molecule has 0 saturated heterocycles. The summed E-state index contributed by atoms with van der Waals surface area (Å²) < 4.78 is 34.3. The Balaban J connectivity index is 1.69. The van der Waals surface area contributed by atoms with E-state index < -0.39 is 22.2 Å². The van der Waals surface area contributed by atoms with Crippen molar-refractivity contribution in [3.63, 3.8) is 0 Å². The number of aliphatic hydroxyl groups is 1. The number of aliphatic hydroxyl groups excluding tert-OH is 1. The molecule has 9 nitrogen and oxygen atoms in total. The summed E-state index contributed by atoms with van der Waals surface area (Å²) in [6.07, 6.45) is 4.15. The van der Waals surface area contributed by atoms with Crippen molar-refractivity contribution in [1.29, 1.82) is 0 Å². The van der Waals surface area contributed by atoms with E-state index in [9.17, 15) is 23.1 Å². The van der Waals surface area contributed by atoms with Crippen LogP contribution in [0.2, 0.25) is 0 Å². The number of nitrogens with zero attached hydrogens (tertiary/aromatic N) is 2. The van der Waals surface area contributed by atoms with Gasteiger partial charge >= 0.3 is 0 Å². The maximum Gasteiger partial charge on any atom is 0.258 e. The monoisotopic (exact) mass is 557 g/mol. The van der Waals surface area contributed by atoms with Crippen LogP contribution in [0.4, 0.5) is 5.69 Å². The highest BCUT2D eigenvalue weighted by Crippen LogP contribution is 2.36. The molecule has 4 rings (SSSR count). The van der Waals surface area contributed by atoms with Crippen LogP contribution in [0.25, 0.3) is 0 Å². The molecule has 2 N–H and O–H groups in total. The van der Waals surface area contributed by atoms with Crippen LogP contribution in [0, 0.1) is 11.8 Å². The molecule has 1 aliphatic carbocycles. The molecule has 1 aliphatic heterocycles. The van der Waals surface area contributed by atoms with Gasteiger partial charge in [-0.05, 0) is 44.0 Å². The number of hydrogen-bond donors (Lipinski definition) is 2. The quantitative estimate of drug-likeness (QED) is 0.511. The average molecular weight is 558 g/mol. The minimum atomic E-state index is -3.79. The number of rotatable bonds is 8. The Hall–Kier alpha value is -2.95. The van der Waals surface area contributed by atoms with E-state index in [1.807, 2.05) is 6.92 Å². The fraction of sp³-hybridized carbons (Fsp3) is 0.517. The van der Waals surface area contributed by atoms with Crippen molar-refractivity contribution in [2.45, 2.75) is 63.0 Å². The topological polar surface area (TPSA) is 116 Å². The SMILES string of the molecule is C[C@H](CO)N1C[C@H](C)[C@H](CN(C)S(=O)(=O)c2ccccc2)Oc2c(NC(=O)C3CCCCC3)cccc2C1=O. The van der Waals surface area contributed by atoms with Gasteiger partial charge in [-0.3, -0.25) is 9.59 Å². The number of benzene rings is 2. The summed E-state index contributed by atoms with van der Waals surface area (Å²) in [5, 5.41) is 12.9. The van der Waals surface area contributed by atoms with E-state index in [1.165, 1.54) is 11.4 Å². The number of amides is 2. The first kappa shape index (κ1) is 29.0. The molecule has 2 aromatic carbocycles. The second-order valence-corrected chi connectivity index (χ2v) is 12.8. The number of fused-ring (bicyclic) bond motifs is 1. The highest BCUT2D eigenvalue weighted by atomic mass is 32.2. The molecule has 212 valence electrons. The molecular weight excluding hydrogens is 518 g/mol. The zero-order valence-corrected chi connectivity index (χ0v) is 23.7. The van der Waals surface area contributed by atoms with Gasteiger partial charge in [-0.25, -0.2) is 8.42 Å². The fourth-order valence-electron chi connectivity index (χ4n) is 5.28. The van der Waals surface area contributed by atoms with Crippen molar-refractivity contribution in [3.8, 4) is 5.75 Å². The van der Waals surface area contributed by atoms with Gasteiger partial charge in [-0.2, -0.15) is 4.31 Å². The number of carbonyl (C=O) groups is 2. The van der Waals surface area contributed by atoms with Crippen molar-refractivity contribution in [3.05, 3.63) is 54.1 Å². The number of sulfonamides is 1. The van der Waals surface area contributed by atoms with Crippen LogP contribution < -0.4 is 10.1 Å². The molecule has 2 aromatic rings. The lowest BCUT2D eigenvalue weighted by atomic mass is 9.88. The van der Waals surface area contributed by atoms with Crippen molar-refractivity contribution >= 4 is 27.5 Å². The van der Waals surface area contributed by atoms with Gasteiger partial charge in [0.2, 0.25) is 15.9 Å². The van der Waals surface area contributed by atoms with Gasteiger partial charge in [0.15, 0.2) is 5.75 Å². The number of ether oxygens (including phenoxy) is 1. The zero-order chi connectivity index (χ0) is 28.2. The third kappa shape index (κ3) is 6.45. The summed E-state index contributed by atoms with van der Waals surface area (Å²) in [7, 11) is -2.28. The molecular formula is C29H39N3O6S. The number of nitrogens with one attached hydrogen (secondary N) is 1. The van der Waals surface area contributed by atoms with E-state index in [2.05, 4.69) is 5.32 Å². The van der Waals surface area contributed by atoms with Gasteiger partial charge < -0.3 is 20.1 Å². The minimum absolute atomic E-state index is 0.0261. The van der Waals surface area contributed by atoms with Gasteiger partial charge in [-0.1, -0.05) is 50.5 Å². The maximum absolute atomic E-state index is 13.7. The molecule has 2 aliphatic rings. The van der Waals surface area contributed by atoms with E-state index >= 15 is 0 Å². The Morgan fingerprint density at radius 1 is 1.13 bits per heavy atom. The third-order valence-electron chi connectivity index (χ3n) is 7.81. The highest BCUT2D eigenvalue weighted by molar-refractivity contribution is 7.89. The summed E-state index contributed by atoms with van der Waals surface area (Å²) in [5.74, 6) is -0.567. The second-order valence-electron chi connectivity index (χ2n) is 10.7. The molecule has 0 bridgehead atoms. The number of anilines is 1. The molecule has 10 heteroatoms. The van der Waals surface area contributed by atoms with Crippen LogP contribution in [0.3, 0.4) is 0 Å². The van der Waals surface area contributed by atoms with Crippen LogP contribution >= 0.6 is 0 Å². The first-order valence-corrected chi connectivity index (χ1v) is 15.1. The molecule has 0 spiro atoms. The third-order valence-corrected chi connectivity index (χ3v) is 9.65. The molecule has 0 aromatic heterocycles. The highest BCUT2D eigenvalue weighted by Gasteiger charge is 2.36. The summed E-state index contributed by atoms with van der Waals surface area (Å²) in [6, 6.07) is 12.8. The zero-order valence-electron chi connectivity index (χ0n) is 22.9. The normalized spacial score (nSPS) is 21.5. The van der Waals surface area contributed by atoms with E-state index in [4.69, 9.17) is 4.74 Å². The van der Waals surface area contributed by atoms with Crippen LogP contribution in [0.5, 0.6) is 5.75 Å². The van der Waals surface area contributed by atoms with E-state index in [0.29, 0.717) is 5.69 Å². The molecule has 1 fully saturated rings. The molecule has 0 radical (unpaired) electrons. The number of para-hydroxylation sites is 1. The number of likely N-dealkylation sites (N-methyl/N-ethyl adjacent to an activating group) is 1. The Morgan fingerprint density at radius 3 is 2.49 bits per heavy atom. The van der Waals surface area contributed by atoms with Crippen molar-refractivity contribution in [1.82, 2.24) is 9.21 Å². The first-order valence-electron chi connectivity index (χ1n) is 13.7. The standard InChI is InChI=1S/C29H39N3O6S/c1-20-17-32(21(2)19-33)29(35)24-15-10-16-25(30-28(34)22-11-6-4-7-12-22)27(24)38-26(20)18-31(3)39(36,37)23-13-8-5-9-14-23/h5,8-10,13-16,20-22,26,33H,4,6-7,11-12,17-19H2,1-3H3,(H,30,34)/t20-,21+,26-/m0/s1. The maximum atomic E-state index is 13.7. The van der Waals surface area contributed by atoms with E-state index in [0.717, 1.165) is 32.1 Å². The van der Waals surface area contributed by atoms with Crippen molar-refractivity contribution in [2.75, 3.05) is 32.1 Å². The second kappa shape index (κ2) is 12.5. The summed E-state index contributed by atoms with van der Waals surface area (Å²) in [5.41, 5.74) is 0.655. The van der Waals surface area contributed by atoms with Crippen LogP contribution in [0.15, 0.2) is 53.4 Å². The average Bonchev–Trinajstić information content (AvgIpc) is 2.95. The van der Waals surface area contributed by atoms with Crippen LogP contribution in [-0.4, -0.2) is 73.4 Å². The lowest BCUT2D eigenvalue weighted by molar-refractivity contribution is -0.120. The lowest BCUT2D eigenvalue weighted by Gasteiger charge is -2.38. The predicted octanol–water partition coefficient (Wildman–Crippen LogP) is 3.75. The molecule has 1 heterocycles. The first-order chi connectivity index (χ1) is 18.6. The molecule has 1 saturated carbocycles. The Labute approximate surface area is 231 Å². The van der Waals surface area contributed by atoms with Crippen LogP contribution in [-0.2, 0) is 14.8 Å². The minimum Gasteiger partial charge on any atom is -0.486 e. The Morgan fingerprint density at radius 2 is 1.82 bits per heavy atom. The Kier molecular flexibility index (Phi) is 9.30. The smallest absolute Gasteiger partial charge is 0.258 e. The predicted molar refractivity (Wildman–Crippen MR) is 149 cm³/mol. The van der Waals surface area contributed by atoms with E-state index in [-0.39, 0.29) is 59.6 Å². The van der Waals surface area contributed by atoms with Gasteiger partial charge in [0, 0.05) is 25.4 Å². The molecule has 2 amide bonds. The Bertz CT molecular complexity index is 1260. The summed E-state index contributed by atoms with van der Waals surface area (Å²) >= 11 is 0. The van der Waals surface area contributed by atoms with E-state index in [1.54, 1.807) is 60.4 Å². The van der Waals surface area contributed by atoms with Crippen LogP contribution in [0.1, 0.15) is 56.3 Å². The van der Waals surface area contributed by atoms with Gasteiger partial charge in [0.25, 0.3) is 5.91 Å². The molecule has 39 heavy (non-hydrogen) atoms. The fourth-order valence-corrected chi connectivity index (χ4v) is 6.49. The number of carbonyl (C=O) groups excluding carboxylic acids is 2. The summed E-state index contributed by atoms with van der Waals surface area (Å²) in [6.45, 7) is 3.73. The van der Waals surface area contributed by atoms with Gasteiger partial charge in [0.05, 0.1) is 35.3 Å². The molecule has 0 unspecified atom stereocenters. The largest absolute Gasteiger partial charge is 0.486 e. The molecule has 3 atom stereocenters. The number of hydrogen-bond acceptors (Lipinski definition) is 6. The summed E-state index contributed by atoms with van der Waals surface area (Å²) in [4.78, 5) is 28.6. The van der Waals surface area contributed by atoms with Crippen molar-refractivity contribution in [2.24, 2.45) is 11.8 Å².